The normalized spacial score (nSPS) is 20.7. The zero-order chi connectivity index (χ0) is 22.2. The Morgan fingerprint density at radius 3 is 2.32 bits per heavy atom. The molecule has 3 aromatic carbocycles. The molecule has 0 bridgehead atoms. The Kier molecular flexibility index (Phi) is 6.35. The van der Waals surface area contributed by atoms with Crippen molar-refractivity contribution >= 4 is 40.1 Å². The molecule has 1 atom stereocenters. The van der Waals surface area contributed by atoms with Gasteiger partial charge >= 0.3 is 5.97 Å². The molecule has 0 radical (unpaired) electrons. The summed E-state index contributed by atoms with van der Waals surface area (Å²) in [6.07, 6.45) is 5.39. The van der Waals surface area contributed by atoms with Gasteiger partial charge in [0.25, 0.3) is 0 Å². The Morgan fingerprint density at radius 1 is 1.03 bits per heavy atom. The monoisotopic (exact) mass is 434 g/mol. The molecule has 4 rings (SSSR count). The average molecular weight is 435 g/mol. The SMILES string of the molecule is CCC(C)C1CCC(C(=O)OC(C)(C)c2cc(S)c3cc4ccccc4cc3c2)CC1. The number of benzene rings is 3. The van der Waals surface area contributed by atoms with E-state index in [1.54, 1.807) is 0 Å². The molecule has 1 aliphatic carbocycles. The number of hydrogen-bond acceptors (Lipinski definition) is 3. The first-order chi connectivity index (χ1) is 14.8. The molecule has 0 aliphatic heterocycles. The molecule has 0 heterocycles. The van der Waals surface area contributed by atoms with Gasteiger partial charge in [-0.2, -0.15) is 0 Å². The van der Waals surface area contributed by atoms with Crippen LogP contribution in [0.4, 0.5) is 0 Å². The van der Waals surface area contributed by atoms with Crippen LogP contribution in [0.3, 0.4) is 0 Å². The number of carbonyl (C=O) groups excluding carboxylic acids is 1. The van der Waals surface area contributed by atoms with Crippen LogP contribution in [0, 0.1) is 17.8 Å². The Balaban J connectivity index is 1.54. The standard InChI is InChI=1S/C28H34O2S/c1-5-18(2)19-10-12-20(13-11-19)27(29)30-28(3,4)24-15-23-14-21-8-6-7-9-22(21)16-25(23)26(31)17-24/h6-9,14-20,31H,5,10-13H2,1-4H3. The number of rotatable bonds is 5. The van der Waals surface area contributed by atoms with Crippen LogP contribution in [0.2, 0.25) is 0 Å². The van der Waals surface area contributed by atoms with E-state index in [-0.39, 0.29) is 11.9 Å². The molecule has 2 nitrogen and oxygen atoms in total. The van der Waals surface area contributed by atoms with Crippen LogP contribution >= 0.6 is 12.6 Å². The summed E-state index contributed by atoms with van der Waals surface area (Å²) in [5.74, 6) is 1.48. The van der Waals surface area contributed by atoms with Crippen molar-refractivity contribution in [3.05, 3.63) is 54.1 Å². The van der Waals surface area contributed by atoms with Gasteiger partial charge in [-0.25, -0.2) is 0 Å². The van der Waals surface area contributed by atoms with Crippen molar-refractivity contribution in [1.82, 2.24) is 0 Å². The quantitative estimate of drug-likeness (QED) is 0.251. The van der Waals surface area contributed by atoms with Crippen LogP contribution in [-0.4, -0.2) is 5.97 Å². The minimum absolute atomic E-state index is 0.0273. The van der Waals surface area contributed by atoms with Crippen LogP contribution in [0.1, 0.15) is 65.4 Å². The Labute approximate surface area is 191 Å². The molecule has 1 aliphatic rings. The van der Waals surface area contributed by atoms with E-state index < -0.39 is 5.60 Å². The number of carbonyl (C=O) groups is 1. The Morgan fingerprint density at radius 2 is 1.68 bits per heavy atom. The highest BCUT2D eigenvalue weighted by Crippen LogP contribution is 2.38. The second kappa shape index (κ2) is 8.86. The van der Waals surface area contributed by atoms with E-state index >= 15 is 0 Å². The summed E-state index contributed by atoms with van der Waals surface area (Å²) in [5.41, 5.74) is 0.295. The number of esters is 1. The minimum Gasteiger partial charge on any atom is -0.455 e. The maximum atomic E-state index is 13.0. The Hall–Kier alpha value is -2.00. The largest absolute Gasteiger partial charge is 0.455 e. The lowest BCUT2D eigenvalue weighted by atomic mass is 9.75. The summed E-state index contributed by atoms with van der Waals surface area (Å²) < 4.78 is 6.10. The maximum Gasteiger partial charge on any atom is 0.309 e. The van der Waals surface area contributed by atoms with Gasteiger partial charge in [0.05, 0.1) is 5.92 Å². The molecular weight excluding hydrogens is 400 g/mol. The highest BCUT2D eigenvalue weighted by atomic mass is 32.1. The maximum absolute atomic E-state index is 13.0. The third-order valence-corrected chi connectivity index (χ3v) is 7.77. The second-order valence-electron chi connectivity index (χ2n) is 9.84. The van der Waals surface area contributed by atoms with E-state index in [0.717, 1.165) is 58.8 Å². The van der Waals surface area contributed by atoms with E-state index in [4.69, 9.17) is 17.4 Å². The lowest BCUT2D eigenvalue weighted by Gasteiger charge is -2.33. The van der Waals surface area contributed by atoms with Gasteiger partial charge in [-0.1, -0.05) is 44.5 Å². The summed E-state index contributed by atoms with van der Waals surface area (Å²) in [6.45, 7) is 8.58. The molecule has 0 amide bonds. The topological polar surface area (TPSA) is 26.3 Å². The van der Waals surface area contributed by atoms with Crippen LogP contribution < -0.4 is 0 Å². The molecule has 1 unspecified atom stereocenters. The summed E-state index contributed by atoms with van der Waals surface area (Å²) >= 11 is 4.77. The molecule has 0 N–H and O–H groups in total. The van der Waals surface area contributed by atoms with Crippen molar-refractivity contribution in [2.24, 2.45) is 17.8 Å². The number of fused-ring (bicyclic) bond motifs is 2. The van der Waals surface area contributed by atoms with Gasteiger partial charge in [-0.15, -0.1) is 12.6 Å². The van der Waals surface area contributed by atoms with Crippen LogP contribution in [-0.2, 0) is 15.1 Å². The van der Waals surface area contributed by atoms with E-state index in [9.17, 15) is 4.79 Å². The molecule has 0 spiro atoms. The van der Waals surface area contributed by atoms with Crippen molar-refractivity contribution in [2.75, 3.05) is 0 Å². The first-order valence-corrected chi connectivity index (χ1v) is 12.1. The molecular formula is C28H34O2S. The smallest absolute Gasteiger partial charge is 0.309 e. The number of hydrogen-bond donors (Lipinski definition) is 1. The molecule has 1 saturated carbocycles. The molecule has 3 aromatic rings. The predicted molar refractivity (Wildman–Crippen MR) is 133 cm³/mol. The lowest BCUT2D eigenvalue weighted by molar-refractivity contribution is -0.164. The van der Waals surface area contributed by atoms with Gasteiger partial charge in [0.15, 0.2) is 0 Å². The molecule has 0 aromatic heterocycles. The van der Waals surface area contributed by atoms with Gasteiger partial charge < -0.3 is 4.74 Å². The fourth-order valence-corrected chi connectivity index (χ4v) is 5.36. The zero-order valence-corrected chi connectivity index (χ0v) is 20.0. The van der Waals surface area contributed by atoms with Gasteiger partial charge in [0, 0.05) is 4.90 Å². The first kappa shape index (κ1) is 22.2. The van der Waals surface area contributed by atoms with E-state index in [1.165, 1.54) is 17.2 Å². The molecule has 31 heavy (non-hydrogen) atoms. The van der Waals surface area contributed by atoms with Gasteiger partial charge in [0.1, 0.15) is 5.60 Å². The third kappa shape index (κ3) is 4.62. The third-order valence-electron chi connectivity index (χ3n) is 7.40. The summed E-state index contributed by atoms with van der Waals surface area (Å²) in [4.78, 5) is 13.9. The molecule has 164 valence electrons. The fourth-order valence-electron chi connectivity index (χ4n) is 5.03. The minimum atomic E-state index is -0.693. The van der Waals surface area contributed by atoms with Crippen molar-refractivity contribution in [3.63, 3.8) is 0 Å². The number of thiol groups is 1. The van der Waals surface area contributed by atoms with E-state index in [1.807, 2.05) is 19.9 Å². The molecule has 1 fully saturated rings. The van der Waals surface area contributed by atoms with Crippen molar-refractivity contribution in [2.45, 2.75) is 70.3 Å². The zero-order valence-electron chi connectivity index (χ0n) is 19.2. The summed E-state index contributed by atoms with van der Waals surface area (Å²) in [6, 6.07) is 16.9. The van der Waals surface area contributed by atoms with Gasteiger partial charge in [-0.05, 0) is 103 Å². The summed E-state index contributed by atoms with van der Waals surface area (Å²) in [5, 5.41) is 4.65. The highest BCUT2D eigenvalue weighted by molar-refractivity contribution is 7.80. The van der Waals surface area contributed by atoms with E-state index in [0.29, 0.717) is 0 Å². The summed E-state index contributed by atoms with van der Waals surface area (Å²) in [7, 11) is 0. The highest BCUT2D eigenvalue weighted by Gasteiger charge is 2.33. The van der Waals surface area contributed by atoms with E-state index in [2.05, 4.69) is 56.3 Å². The van der Waals surface area contributed by atoms with Crippen molar-refractivity contribution in [1.29, 1.82) is 0 Å². The molecule has 0 saturated heterocycles. The van der Waals surface area contributed by atoms with Crippen molar-refractivity contribution in [3.8, 4) is 0 Å². The van der Waals surface area contributed by atoms with Crippen LogP contribution in [0.25, 0.3) is 21.5 Å². The second-order valence-corrected chi connectivity index (χ2v) is 10.3. The van der Waals surface area contributed by atoms with Gasteiger partial charge in [-0.3, -0.25) is 4.79 Å². The first-order valence-electron chi connectivity index (χ1n) is 11.7. The van der Waals surface area contributed by atoms with Crippen LogP contribution in [0.5, 0.6) is 0 Å². The Bertz CT molecular complexity index is 1090. The number of ether oxygens (including phenoxy) is 1. The fraction of sp³-hybridized carbons (Fsp3) is 0.464. The van der Waals surface area contributed by atoms with Crippen molar-refractivity contribution < 1.29 is 9.53 Å². The van der Waals surface area contributed by atoms with Crippen LogP contribution in [0.15, 0.2) is 53.4 Å². The average Bonchev–Trinajstić information content (AvgIpc) is 2.77. The lowest BCUT2D eigenvalue weighted by Crippen LogP contribution is -2.32. The predicted octanol–water partition coefficient (Wildman–Crippen LogP) is 7.91. The molecule has 3 heteroatoms. The van der Waals surface area contributed by atoms with Gasteiger partial charge in [0.2, 0.25) is 0 Å².